The van der Waals surface area contributed by atoms with E-state index in [0.717, 1.165) is 33.8 Å². The fourth-order valence-corrected chi connectivity index (χ4v) is 6.66. The van der Waals surface area contributed by atoms with Crippen LogP contribution in [0.25, 0.3) is 65.3 Å². The van der Waals surface area contributed by atoms with Crippen LogP contribution in [0.15, 0.2) is 109 Å². The predicted molar refractivity (Wildman–Crippen MR) is 192 cm³/mol. The van der Waals surface area contributed by atoms with Gasteiger partial charge in [0.15, 0.2) is 0 Å². The zero-order chi connectivity index (χ0) is 31.6. The Morgan fingerprint density at radius 1 is 0.413 bits per heavy atom. The standard InChI is InChI=1S/C42H38O4/c1-27-17-33(21-35(19-27)45-15-13-43-3)41-37-23-29-9-5-7-11-31(29)25-39(37)42(34-18-28(2)20-36(22-34)46-16-14-44-4)40-26-32-12-8-6-10-30(32)24-38(40)41/h5-12,17-26H,13-16H2,1-4H3. The van der Waals surface area contributed by atoms with E-state index in [4.69, 9.17) is 18.9 Å². The van der Waals surface area contributed by atoms with E-state index in [-0.39, 0.29) is 0 Å². The minimum absolute atomic E-state index is 0.497. The number of hydrogen-bond donors (Lipinski definition) is 0. The summed E-state index contributed by atoms with van der Waals surface area (Å²) in [5.41, 5.74) is 6.96. The first-order valence-corrected chi connectivity index (χ1v) is 15.8. The maximum atomic E-state index is 6.17. The Balaban J connectivity index is 1.61. The minimum atomic E-state index is 0.497. The third kappa shape index (κ3) is 5.78. The van der Waals surface area contributed by atoms with Crippen molar-refractivity contribution in [2.45, 2.75) is 13.8 Å². The summed E-state index contributed by atoms with van der Waals surface area (Å²) in [5.74, 6) is 1.69. The zero-order valence-corrected chi connectivity index (χ0v) is 26.9. The quantitative estimate of drug-likeness (QED) is 0.115. The van der Waals surface area contributed by atoms with Crippen LogP contribution >= 0.6 is 0 Å². The molecular formula is C42H38O4. The lowest BCUT2D eigenvalue weighted by atomic mass is 9.83. The number of ether oxygens (including phenoxy) is 4. The lowest BCUT2D eigenvalue weighted by Gasteiger charge is -2.21. The van der Waals surface area contributed by atoms with Gasteiger partial charge in [0, 0.05) is 14.2 Å². The van der Waals surface area contributed by atoms with Gasteiger partial charge in [-0.15, -0.1) is 0 Å². The van der Waals surface area contributed by atoms with Crippen LogP contribution in [-0.4, -0.2) is 40.6 Å². The molecule has 0 saturated heterocycles. The number of fused-ring (bicyclic) bond motifs is 4. The topological polar surface area (TPSA) is 36.9 Å². The Kier molecular flexibility index (Phi) is 8.32. The van der Waals surface area contributed by atoms with Gasteiger partial charge in [0.05, 0.1) is 13.2 Å². The highest BCUT2D eigenvalue weighted by atomic mass is 16.5. The average Bonchev–Trinajstić information content (AvgIpc) is 3.05. The van der Waals surface area contributed by atoms with Crippen molar-refractivity contribution in [3.8, 4) is 33.8 Å². The Morgan fingerprint density at radius 2 is 0.761 bits per heavy atom. The number of methoxy groups -OCH3 is 2. The first-order chi connectivity index (χ1) is 22.5. The molecule has 0 aliphatic heterocycles. The van der Waals surface area contributed by atoms with E-state index >= 15 is 0 Å². The molecule has 7 rings (SSSR count). The monoisotopic (exact) mass is 606 g/mol. The molecule has 0 fully saturated rings. The highest BCUT2D eigenvalue weighted by molar-refractivity contribution is 6.25. The lowest BCUT2D eigenvalue weighted by Crippen LogP contribution is -2.04. The highest BCUT2D eigenvalue weighted by Gasteiger charge is 2.20. The molecule has 0 amide bonds. The molecular weight excluding hydrogens is 568 g/mol. The van der Waals surface area contributed by atoms with Crippen molar-refractivity contribution in [3.05, 3.63) is 120 Å². The van der Waals surface area contributed by atoms with Crippen LogP contribution < -0.4 is 9.47 Å². The van der Waals surface area contributed by atoms with Crippen LogP contribution in [0.4, 0.5) is 0 Å². The van der Waals surface area contributed by atoms with Crippen molar-refractivity contribution in [1.29, 1.82) is 0 Å². The zero-order valence-electron chi connectivity index (χ0n) is 26.9. The Hall–Kier alpha value is -4.90. The maximum absolute atomic E-state index is 6.17. The van der Waals surface area contributed by atoms with E-state index in [1.54, 1.807) is 14.2 Å². The second kappa shape index (κ2) is 12.8. The molecule has 7 aromatic carbocycles. The van der Waals surface area contributed by atoms with E-state index in [9.17, 15) is 0 Å². The maximum Gasteiger partial charge on any atom is 0.120 e. The van der Waals surface area contributed by atoms with Crippen molar-refractivity contribution in [3.63, 3.8) is 0 Å². The number of benzene rings is 7. The normalized spacial score (nSPS) is 11.6. The molecule has 4 nitrogen and oxygen atoms in total. The van der Waals surface area contributed by atoms with E-state index < -0.39 is 0 Å². The van der Waals surface area contributed by atoms with Gasteiger partial charge < -0.3 is 18.9 Å². The van der Waals surface area contributed by atoms with Gasteiger partial charge in [-0.3, -0.25) is 0 Å². The lowest BCUT2D eigenvalue weighted by molar-refractivity contribution is 0.146. The molecule has 230 valence electrons. The molecule has 46 heavy (non-hydrogen) atoms. The summed E-state index contributed by atoms with van der Waals surface area (Å²) < 4.78 is 22.9. The van der Waals surface area contributed by atoms with E-state index in [2.05, 4.69) is 123 Å². The minimum Gasteiger partial charge on any atom is -0.491 e. The molecule has 0 aromatic heterocycles. The molecule has 0 unspecified atom stereocenters. The third-order valence-corrected chi connectivity index (χ3v) is 8.64. The van der Waals surface area contributed by atoms with E-state index in [1.807, 2.05) is 0 Å². The molecule has 0 atom stereocenters. The van der Waals surface area contributed by atoms with Crippen LogP contribution in [0, 0.1) is 13.8 Å². The van der Waals surface area contributed by atoms with Crippen molar-refractivity contribution >= 4 is 43.1 Å². The van der Waals surface area contributed by atoms with Crippen LogP contribution in [0.3, 0.4) is 0 Å². The Morgan fingerprint density at radius 3 is 1.09 bits per heavy atom. The number of rotatable bonds is 10. The Labute approximate surface area is 270 Å². The van der Waals surface area contributed by atoms with Gasteiger partial charge in [-0.2, -0.15) is 0 Å². The SMILES string of the molecule is COCCOc1cc(C)cc(-c2c3cc4ccccc4cc3c(-c3cc(C)cc(OCCOC)c3)c3cc4ccccc4cc23)c1. The van der Waals surface area contributed by atoms with Crippen LogP contribution in [-0.2, 0) is 9.47 Å². The second-order valence-corrected chi connectivity index (χ2v) is 12.0. The van der Waals surface area contributed by atoms with Gasteiger partial charge in [0.2, 0.25) is 0 Å². The molecule has 4 heteroatoms. The molecule has 0 saturated carbocycles. The van der Waals surface area contributed by atoms with E-state index in [1.165, 1.54) is 54.2 Å². The van der Waals surface area contributed by atoms with Gasteiger partial charge in [0.25, 0.3) is 0 Å². The van der Waals surface area contributed by atoms with E-state index in [0.29, 0.717) is 26.4 Å². The largest absolute Gasteiger partial charge is 0.491 e. The molecule has 0 N–H and O–H groups in total. The van der Waals surface area contributed by atoms with Gasteiger partial charge >= 0.3 is 0 Å². The summed E-state index contributed by atoms with van der Waals surface area (Å²) in [6, 6.07) is 39.8. The van der Waals surface area contributed by atoms with Crippen molar-refractivity contribution in [2.75, 3.05) is 40.6 Å². The van der Waals surface area contributed by atoms with Gasteiger partial charge in [-0.25, -0.2) is 0 Å². The molecule has 0 heterocycles. The third-order valence-electron chi connectivity index (χ3n) is 8.64. The summed E-state index contributed by atoms with van der Waals surface area (Å²) in [5, 5.41) is 9.64. The summed E-state index contributed by atoms with van der Waals surface area (Å²) in [7, 11) is 3.39. The first kappa shape index (κ1) is 29.8. The first-order valence-electron chi connectivity index (χ1n) is 15.8. The predicted octanol–water partition coefficient (Wildman–Crippen LogP) is 10.3. The van der Waals surface area contributed by atoms with Gasteiger partial charge in [-0.05, 0) is 139 Å². The van der Waals surface area contributed by atoms with Crippen molar-refractivity contribution in [2.24, 2.45) is 0 Å². The molecule has 0 aliphatic rings. The molecule has 0 aliphatic carbocycles. The van der Waals surface area contributed by atoms with Gasteiger partial charge in [-0.1, -0.05) is 60.7 Å². The smallest absolute Gasteiger partial charge is 0.120 e. The molecule has 0 bridgehead atoms. The fraction of sp³-hybridized carbons (Fsp3) is 0.190. The van der Waals surface area contributed by atoms with Crippen molar-refractivity contribution < 1.29 is 18.9 Å². The summed E-state index contributed by atoms with van der Waals surface area (Å²) >= 11 is 0. The fourth-order valence-electron chi connectivity index (χ4n) is 6.66. The summed E-state index contributed by atoms with van der Waals surface area (Å²) in [4.78, 5) is 0. The highest BCUT2D eigenvalue weighted by Crippen LogP contribution is 2.47. The van der Waals surface area contributed by atoms with Crippen LogP contribution in [0.5, 0.6) is 11.5 Å². The molecule has 7 aromatic rings. The van der Waals surface area contributed by atoms with Gasteiger partial charge in [0.1, 0.15) is 24.7 Å². The van der Waals surface area contributed by atoms with Crippen LogP contribution in [0.1, 0.15) is 11.1 Å². The Bertz CT molecular complexity index is 1960. The summed E-state index contributed by atoms with van der Waals surface area (Å²) in [6.45, 7) is 6.33. The summed E-state index contributed by atoms with van der Waals surface area (Å²) in [6.07, 6.45) is 0. The molecule has 0 radical (unpaired) electrons. The number of aryl methyl sites for hydroxylation is 2. The van der Waals surface area contributed by atoms with Crippen molar-refractivity contribution in [1.82, 2.24) is 0 Å². The average molecular weight is 607 g/mol. The second-order valence-electron chi connectivity index (χ2n) is 12.0. The van der Waals surface area contributed by atoms with Crippen LogP contribution in [0.2, 0.25) is 0 Å². The number of hydrogen-bond acceptors (Lipinski definition) is 4. The molecule has 0 spiro atoms.